The van der Waals surface area contributed by atoms with Gasteiger partial charge in [0.25, 0.3) is 15.9 Å². The minimum Gasteiger partial charge on any atom is -0.495 e. The lowest BCUT2D eigenvalue weighted by molar-refractivity contribution is -0.116. The number of aromatic amines is 1. The number of carbonyl (C=O) groups excluding carboxylic acids is 1. The summed E-state index contributed by atoms with van der Waals surface area (Å²) < 4.78 is 34.2. The number of carbonyl (C=O) groups is 1. The van der Waals surface area contributed by atoms with Crippen LogP contribution in [0.5, 0.6) is 11.6 Å². The van der Waals surface area contributed by atoms with Gasteiger partial charge in [0, 0.05) is 9.86 Å². The van der Waals surface area contributed by atoms with Crippen molar-refractivity contribution in [3.63, 3.8) is 0 Å². The quantitative estimate of drug-likeness (QED) is 0.292. The first kappa shape index (κ1) is 24.4. The largest absolute Gasteiger partial charge is 0.495 e. The Morgan fingerprint density at radius 3 is 2.57 bits per heavy atom. The van der Waals surface area contributed by atoms with Crippen molar-refractivity contribution < 1.29 is 23.1 Å². The minimum absolute atomic E-state index is 0.00687. The molecular formula is C24H21BrN4O5S. The Kier molecular flexibility index (Phi) is 6.90. The van der Waals surface area contributed by atoms with Gasteiger partial charge in [-0.15, -0.1) is 10.2 Å². The van der Waals surface area contributed by atoms with Crippen LogP contribution in [-0.4, -0.2) is 38.1 Å². The Morgan fingerprint density at radius 2 is 1.86 bits per heavy atom. The summed E-state index contributed by atoms with van der Waals surface area (Å²) in [4.78, 5) is 15.7. The Labute approximate surface area is 210 Å². The number of anilines is 1. The number of nitrogens with one attached hydrogen (secondary N) is 1. The molecule has 4 rings (SSSR count). The number of halogens is 1. The molecule has 1 aromatic heterocycles. The van der Waals surface area contributed by atoms with Crippen LogP contribution in [0.4, 0.5) is 11.4 Å². The van der Waals surface area contributed by atoms with Gasteiger partial charge < -0.3 is 14.8 Å². The number of benzene rings is 3. The molecule has 0 atom stereocenters. The standard InChI is InChI=1S/C24H21BrN4O5S/c1-15-8-11-21(34-2)20(12-15)29(35(32,33)17-6-4-3-5-7-17)14-22(30)27-28-23-18-13-16(25)9-10-19(18)26-24(23)31/h3-13,26,31H,14H2,1-2H3. The number of ether oxygens (including phenoxy) is 1. The van der Waals surface area contributed by atoms with E-state index in [4.69, 9.17) is 4.74 Å². The van der Waals surface area contributed by atoms with Gasteiger partial charge in [-0.1, -0.05) is 40.2 Å². The summed E-state index contributed by atoms with van der Waals surface area (Å²) in [6.45, 7) is 1.17. The predicted molar refractivity (Wildman–Crippen MR) is 136 cm³/mol. The number of amides is 1. The fraction of sp³-hybridized carbons (Fsp3) is 0.125. The molecule has 0 saturated heterocycles. The molecule has 0 aliphatic rings. The van der Waals surface area contributed by atoms with Crippen LogP contribution < -0.4 is 9.04 Å². The van der Waals surface area contributed by atoms with Gasteiger partial charge in [0.05, 0.1) is 23.2 Å². The number of hydrogen-bond donors (Lipinski definition) is 2. The normalized spacial score (nSPS) is 11.7. The number of rotatable bonds is 7. The van der Waals surface area contributed by atoms with E-state index in [1.54, 1.807) is 61.5 Å². The SMILES string of the molecule is COc1ccc(C)cc1N(CC(=O)N=Nc1c(O)[nH]c2ccc(Br)cc12)S(=O)(=O)c1ccccc1. The molecule has 3 aromatic carbocycles. The lowest BCUT2D eigenvalue weighted by atomic mass is 10.2. The summed E-state index contributed by atoms with van der Waals surface area (Å²) in [6.07, 6.45) is 0. The zero-order chi connectivity index (χ0) is 25.2. The molecule has 0 fully saturated rings. The molecule has 0 aliphatic heterocycles. The van der Waals surface area contributed by atoms with E-state index in [0.29, 0.717) is 10.9 Å². The van der Waals surface area contributed by atoms with Gasteiger partial charge >= 0.3 is 0 Å². The van der Waals surface area contributed by atoms with E-state index in [1.165, 1.54) is 19.2 Å². The first-order valence-electron chi connectivity index (χ1n) is 10.4. The number of aromatic hydroxyl groups is 1. The van der Waals surface area contributed by atoms with Gasteiger partial charge in [-0.3, -0.25) is 9.10 Å². The molecule has 0 bridgehead atoms. The maximum absolute atomic E-state index is 13.5. The molecule has 0 unspecified atom stereocenters. The highest BCUT2D eigenvalue weighted by Gasteiger charge is 2.29. The number of methoxy groups -OCH3 is 1. The van der Waals surface area contributed by atoms with Crippen molar-refractivity contribution in [1.29, 1.82) is 0 Å². The third-order valence-corrected chi connectivity index (χ3v) is 7.46. The van der Waals surface area contributed by atoms with E-state index < -0.39 is 22.5 Å². The number of aromatic nitrogens is 1. The summed E-state index contributed by atoms with van der Waals surface area (Å²) in [6, 6.07) is 18.0. The molecule has 1 amide bonds. The van der Waals surface area contributed by atoms with E-state index in [0.717, 1.165) is 14.3 Å². The van der Waals surface area contributed by atoms with Crippen molar-refractivity contribution in [3.8, 4) is 11.6 Å². The zero-order valence-electron chi connectivity index (χ0n) is 18.8. The summed E-state index contributed by atoms with van der Waals surface area (Å²) >= 11 is 3.36. The van der Waals surface area contributed by atoms with Crippen LogP contribution in [0.25, 0.3) is 10.9 Å². The van der Waals surface area contributed by atoms with Crippen molar-refractivity contribution in [2.45, 2.75) is 11.8 Å². The van der Waals surface area contributed by atoms with Crippen LogP contribution in [-0.2, 0) is 14.8 Å². The van der Waals surface area contributed by atoms with Crippen molar-refractivity contribution in [2.75, 3.05) is 18.0 Å². The van der Waals surface area contributed by atoms with Crippen molar-refractivity contribution in [1.82, 2.24) is 4.98 Å². The molecule has 1 heterocycles. The Balaban J connectivity index is 1.73. The molecule has 35 heavy (non-hydrogen) atoms. The second-order valence-electron chi connectivity index (χ2n) is 7.61. The van der Waals surface area contributed by atoms with Crippen molar-refractivity contribution in [3.05, 3.63) is 76.8 Å². The summed E-state index contributed by atoms with van der Waals surface area (Å²) in [5.41, 5.74) is 1.64. The number of H-pyrrole nitrogens is 1. The van der Waals surface area contributed by atoms with E-state index >= 15 is 0 Å². The molecule has 4 aromatic rings. The number of aryl methyl sites for hydroxylation is 1. The molecule has 11 heteroatoms. The van der Waals surface area contributed by atoms with E-state index in [2.05, 4.69) is 31.1 Å². The molecule has 0 saturated carbocycles. The predicted octanol–water partition coefficient (Wildman–Crippen LogP) is 5.46. The molecule has 2 N–H and O–H groups in total. The fourth-order valence-electron chi connectivity index (χ4n) is 3.51. The topological polar surface area (TPSA) is 124 Å². The average Bonchev–Trinajstić information content (AvgIpc) is 3.15. The van der Waals surface area contributed by atoms with Gasteiger partial charge in [0.1, 0.15) is 12.3 Å². The molecule has 180 valence electrons. The van der Waals surface area contributed by atoms with Gasteiger partial charge in [0.2, 0.25) is 5.88 Å². The molecule has 0 radical (unpaired) electrons. The summed E-state index contributed by atoms with van der Waals surface area (Å²) in [5.74, 6) is -0.820. The van der Waals surface area contributed by atoms with Crippen LogP contribution in [0.3, 0.4) is 0 Å². The van der Waals surface area contributed by atoms with Crippen molar-refractivity contribution in [2.24, 2.45) is 10.2 Å². The highest BCUT2D eigenvalue weighted by molar-refractivity contribution is 9.10. The van der Waals surface area contributed by atoms with Crippen LogP contribution in [0.2, 0.25) is 0 Å². The summed E-state index contributed by atoms with van der Waals surface area (Å²) in [5, 5.41) is 18.4. The van der Waals surface area contributed by atoms with Crippen molar-refractivity contribution >= 4 is 54.1 Å². The van der Waals surface area contributed by atoms with E-state index in [-0.39, 0.29) is 27.9 Å². The van der Waals surface area contributed by atoms with Crippen LogP contribution in [0, 0.1) is 6.92 Å². The maximum atomic E-state index is 13.5. The highest BCUT2D eigenvalue weighted by Crippen LogP contribution is 2.37. The lowest BCUT2D eigenvalue weighted by Gasteiger charge is -2.25. The Morgan fingerprint density at radius 1 is 1.11 bits per heavy atom. The average molecular weight is 557 g/mol. The number of nitrogens with zero attached hydrogens (tertiary/aromatic N) is 3. The monoisotopic (exact) mass is 556 g/mol. The number of fused-ring (bicyclic) bond motifs is 1. The third-order valence-electron chi connectivity index (χ3n) is 5.19. The van der Waals surface area contributed by atoms with Gasteiger partial charge in [-0.25, -0.2) is 8.42 Å². The maximum Gasteiger partial charge on any atom is 0.285 e. The van der Waals surface area contributed by atoms with E-state index in [1.807, 2.05) is 0 Å². The summed E-state index contributed by atoms with van der Waals surface area (Å²) in [7, 11) is -2.73. The molecule has 9 nitrogen and oxygen atoms in total. The second kappa shape index (κ2) is 9.88. The highest BCUT2D eigenvalue weighted by atomic mass is 79.9. The fourth-order valence-corrected chi connectivity index (χ4v) is 5.31. The molecular weight excluding hydrogens is 536 g/mol. The minimum atomic E-state index is -4.15. The number of sulfonamides is 1. The second-order valence-corrected chi connectivity index (χ2v) is 10.4. The smallest absolute Gasteiger partial charge is 0.285 e. The third kappa shape index (κ3) is 5.05. The first-order chi connectivity index (χ1) is 16.7. The zero-order valence-corrected chi connectivity index (χ0v) is 21.2. The Hall–Kier alpha value is -3.70. The van der Waals surface area contributed by atoms with Crippen LogP contribution in [0.15, 0.2) is 86.3 Å². The molecule has 0 aliphatic carbocycles. The van der Waals surface area contributed by atoms with Gasteiger partial charge in [-0.2, -0.15) is 0 Å². The lowest BCUT2D eigenvalue weighted by Crippen LogP contribution is -2.35. The molecule has 0 spiro atoms. The Bertz CT molecular complexity index is 1530. The number of azo groups is 1. The number of hydrogen-bond acceptors (Lipinski definition) is 6. The van der Waals surface area contributed by atoms with Gasteiger partial charge in [-0.05, 0) is 55.0 Å². The van der Waals surface area contributed by atoms with Crippen LogP contribution >= 0.6 is 15.9 Å². The van der Waals surface area contributed by atoms with Crippen LogP contribution in [0.1, 0.15) is 5.56 Å². The van der Waals surface area contributed by atoms with E-state index in [9.17, 15) is 18.3 Å². The first-order valence-corrected chi connectivity index (χ1v) is 12.6. The van der Waals surface area contributed by atoms with Gasteiger partial charge in [0.15, 0.2) is 5.69 Å².